The maximum Gasteiger partial charge on any atom is 0.0595 e. The van der Waals surface area contributed by atoms with Gasteiger partial charge in [0.2, 0.25) is 0 Å². The molecule has 0 saturated heterocycles. The maximum absolute atomic E-state index is 6.11. The van der Waals surface area contributed by atoms with Crippen molar-refractivity contribution < 1.29 is 0 Å². The monoisotopic (exact) mass is 322 g/mol. The topological polar surface area (TPSA) is 24.9 Å². The van der Waals surface area contributed by atoms with Crippen LogP contribution in [0.1, 0.15) is 35.5 Å². The molecule has 0 amide bonds. The first kappa shape index (κ1) is 16.3. The largest absolute Gasteiger partial charge is 0.310 e. The van der Waals surface area contributed by atoms with Crippen molar-refractivity contribution in [2.24, 2.45) is 0 Å². The number of benzene rings is 1. The number of hydrogen-bond acceptors (Lipinski definition) is 2. The van der Waals surface area contributed by atoms with Crippen molar-refractivity contribution in [2.75, 3.05) is 6.54 Å². The van der Waals surface area contributed by atoms with Crippen molar-refractivity contribution in [1.29, 1.82) is 0 Å². The number of pyridine rings is 1. The summed E-state index contributed by atoms with van der Waals surface area (Å²) in [4.78, 5) is 4.44. The number of aryl methyl sites for hydroxylation is 2. The zero-order valence-electron chi connectivity index (χ0n) is 12.6. The number of halogens is 2. The Balaban J connectivity index is 2.27. The summed E-state index contributed by atoms with van der Waals surface area (Å²) in [7, 11) is 0. The molecule has 0 bridgehead atoms. The number of nitrogens with one attached hydrogen (secondary N) is 1. The van der Waals surface area contributed by atoms with Crippen LogP contribution in [-0.4, -0.2) is 11.5 Å². The molecule has 0 fully saturated rings. The van der Waals surface area contributed by atoms with Crippen molar-refractivity contribution in [2.45, 2.75) is 33.2 Å². The van der Waals surface area contributed by atoms with E-state index < -0.39 is 0 Å². The molecular weight excluding hydrogens is 303 g/mol. The summed E-state index contributed by atoms with van der Waals surface area (Å²) in [6.07, 6.45) is 0.869. The average Bonchev–Trinajstić information content (AvgIpc) is 2.41. The van der Waals surface area contributed by atoms with E-state index >= 15 is 0 Å². The van der Waals surface area contributed by atoms with Gasteiger partial charge in [-0.3, -0.25) is 4.98 Å². The average molecular weight is 323 g/mol. The summed E-state index contributed by atoms with van der Waals surface area (Å²) >= 11 is 12.1. The minimum Gasteiger partial charge on any atom is -0.310 e. The molecule has 1 aromatic heterocycles. The Morgan fingerprint density at radius 2 is 1.71 bits per heavy atom. The maximum atomic E-state index is 6.11. The van der Waals surface area contributed by atoms with Crippen LogP contribution in [0.25, 0.3) is 0 Å². The van der Waals surface area contributed by atoms with Gasteiger partial charge in [0.05, 0.1) is 10.0 Å². The fraction of sp³-hybridized carbons (Fsp3) is 0.353. The molecule has 1 N–H and O–H groups in total. The first-order valence-electron chi connectivity index (χ1n) is 7.12. The first-order valence-corrected chi connectivity index (χ1v) is 7.87. The van der Waals surface area contributed by atoms with Crippen molar-refractivity contribution in [3.8, 4) is 0 Å². The van der Waals surface area contributed by atoms with Gasteiger partial charge in [-0.05, 0) is 62.2 Å². The molecule has 0 saturated carbocycles. The van der Waals surface area contributed by atoms with Crippen molar-refractivity contribution in [3.63, 3.8) is 0 Å². The molecule has 1 unspecified atom stereocenters. The molecule has 0 spiro atoms. The molecule has 0 radical (unpaired) electrons. The second-order valence-corrected chi connectivity index (χ2v) is 6.06. The lowest BCUT2D eigenvalue weighted by Gasteiger charge is -2.19. The Bertz CT molecular complexity index is 606. The molecule has 0 aliphatic rings. The van der Waals surface area contributed by atoms with Gasteiger partial charge in [-0.1, -0.05) is 36.2 Å². The van der Waals surface area contributed by atoms with E-state index in [4.69, 9.17) is 23.2 Å². The quantitative estimate of drug-likeness (QED) is 0.846. The van der Waals surface area contributed by atoms with Gasteiger partial charge in [-0.2, -0.15) is 0 Å². The van der Waals surface area contributed by atoms with Crippen LogP contribution < -0.4 is 5.32 Å². The van der Waals surface area contributed by atoms with Gasteiger partial charge >= 0.3 is 0 Å². The lowest BCUT2D eigenvalue weighted by atomic mass is 9.98. The third-order valence-electron chi connectivity index (χ3n) is 3.38. The van der Waals surface area contributed by atoms with E-state index in [0.717, 1.165) is 24.4 Å². The first-order chi connectivity index (χ1) is 9.99. The van der Waals surface area contributed by atoms with Gasteiger partial charge in [0, 0.05) is 17.4 Å². The Morgan fingerprint density at radius 1 is 1.05 bits per heavy atom. The second kappa shape index (κ2) is 7.26. The van der Waals surface area contributed by atoms with E-state index in [1.807, 2.05) is 32.0 Å². The third-order valence-corrected chi connectivity index (χ3v) is 4.12. The molecule has 1 heterocycles. The third kappa shape index (κ3) is 4.44. The highest BCUT2D eigenvalue weighted by Crippen LogP contribution is 2.26. The van der Waals surface area contributed by atoms with Crippen LogP contribution in [0.15, 0.2) is 30.3 Å². The van der Waals surface area contributed by atoms with Crippen molar-refractivity contribution >= 4 is 23.2 Å². The molecule has 4 heteroatoms. The summed E-state index contributed by atoms with van der Waals surface area (Å²) in [5.74, 6) is 0. The SMILES string of the molecule is CCNC(Cc1ccc(Cl)c(Cl)c1)c1cc(C)nc(C)c1. The van der Waals surface area contributed by atoms with E-state index in [-0.39, 0.29) is 6.04 Å². The molecule has 2 rings (SSSR count). The highest BCUT2D eigenvalue weighted by atomic mass is 35.5. The summed E-state index contributed by atoms with van der Waals surface area (Å²) in [5.41, 5.74) is 4.51. The van der Waals surface area contributed by atoms with Gasteiger partial charge in [-0.15, -0.1) is 0 Å². The standard InChI is InChI=1S/C17H20Cl2N2/c1-4-20-17(14-7-11(2)21-12(3)8-14)10-13-5-6-15(18)16(19)9-13/h5-9,17,20H,4,10H2,1-3H3. The Hall–Kier alpha value is -1.09. The van der Waals surface area contributed by atoms with Crippen LogP contribution in [0, 0.1) is 13.8 Å². The fourth-order valence-corrected chi connectivity index (χ4v) is 2.85. The van der Waals surface area contributed by atoms with Crippen molar-refractivity contribution in [1.82, 2.24) is 10.3 Å². The van der Waals surface area contributed by atoms with Crippen LogP contribution in [0.2, 0.25) is 10.0 Å². The Kier molecular flexibility index (Phi) is 5.63. The van der Waals surface area contributed by atoms with Gasteiger partial charge in [-0.25, -0.2) is 0 Å². The molecular formula is C17H20Cl2N2. The molecule has 2 nitrogen and oxygen atoms in total. The van der Waals surface area contributed by atoms with Gasteiger partial charge in [0.1, 0.15) is 0 Å². The molecule has 1 aromatic carbocycles. The van der Waals surface area contributed by atoms with Crippen LogP contribution in [0.3, 0.4) is 0 Å². The normalized spacial score (nSPS) is 12.4. The minimum atomic E-state index is 0.243. The number of aromatic nitrogens is 1. The zero-order valence-corrected chi connectivity index (χ0v) is 14.1. The van der Waals surface area contributed by atoms with E-state index in [0.29, 0.717) is 10.0 Å². The van der Waals surface area contributed by atoms with E-state index in [1.165, 1.54) is 11.1 Å². The smallest absolute Gasteiger partial charge is 0.0595 e. The van der Waals surface area contributed by atoms with Crippen LogP contribution in [0.5, 0.6) is 0 Å². The van der Waals surface area contributed by atoms with Crippen molar-refractivity contribution in [3.05, 3.63) is 62.9 Å². The number of hydrogen-bond donors (Lipinski definition) is 1. The molecule has 112 valence electrons. The predicted octanol–water partition coefficient (Wildman–Crippen LogP) is 4.90. The summed E-state index contributed by atoms with van der Waals surface area (Å²) in [5, 5.41) is 4.73. The van der Waals surface area contributed by atoms with Gasteiger partial charge < -0.3 is 5.32 Å². The number of nitrogens with zero attached hydrogens (tertiary/aromatic N) is 1. The highest BCUT2D eigenvalue weighted by molar-refractivity contribution is 6.42. The number of likely N-dealkylation sites (N-methyl/N-ethyl adjacent to an activating group) is 1. The zero-order chi connectivity index (χ0) is 15.4. The van der Waals surface area contributed by atoms with Gasteiger partial charge in [0.25, 0.3) is 0 Å². The fourth-order valence-electron chi connectivity index (χ4n) is 2.52. The van der Waals surface area contributed by atoms with E-state index in [1.54, 1.807) is 0 Å². The van der Waals surface area contributed by atoms with Crippen LogP contribution in [0.4, 0.5) is 0 Å². The summed E-state index contributed by atoms with van der Waals surface area (Å²) in [6, 6.07) is 10.3. The highest BCUT2D eigenvalue weighted by Gasteiger charge is 2.13. The second-order valence-electron chi connectivity index (χ2n) is 5.25. The Labute approximate surface area is 136 Å². The van der Waals surface area contributed by atoms with Crippen LogP contribution >= 0.6 is 23.2 Å². The minimum absolute atomic E-state index is 0.243. The van der Waals surface area contributed by atoms with E-state index in [9.17, 15) is 0 Å². The lowest BCUT2D eigenvalue weighted by Crippen LogP contribution is -2.23. The summed E-state index contributed by atoms with van der Waals surface area (Å²) in [6.45, 7) is 7.08. The predicted molar refractivity (Wildman–Crippen MR) is 90.3 cm³/mol. The lowest BCUT2D eigenvalue weighted by molar-refractivity contribution is 0.548. The number of rotatable bonds is 5. The van der Waals surface area contributed by atoms with Gasteiger partial charge in [0.15, 0.2) is 0 Å². The molecule has 21 heavy (non-hydrogen) atoms. The van der Waals surface area contributed by atoms with Crippen LogP contribution in [-0.2, 0) is 6.42 Å². The Morgan fingerprint density at radius 3 is 2.29 bits per heavy atom. The van der Waals surface area contributed by atoms with E-state index in [2.05, 4.69) is 29.4 Å². The molecule has 0 aliphatic carbocycles. The molecule has 2 aromatic rings. The molecule has 1 atom stereocenters. The molecule has 0 aliphatic heterocycles. The summed E-state index contributed by atoms with van der Waals surface area (Å²) < 4.78 is 0.